The Labute approximate surface area is 174 Å². The summed E-state index contributed by atoms with van der Waals surface area (Å²) < 4.78 is 5.39. The molecule has 1 unspecified atom stereocenters. The number of esters is 1. The first kappa shape index (κ1) is 21.5. The van der Waals surface area contributed by atoms with Crippen LogP contribution in [0, 0.1) is 0 Å². The molecule has 1 atom stereocenters. The Balaban J connectivity index is 1.92. The van der Waals surface area contributed by atoms with Crippen LogP contribution in [0.1, 0.15) is 52.4 Å². The highest BCUT2D eigenvalue weighted by Gasteiger charge is 2.53. The molecule has 7 heteroatoms. The second-order valence-corrected chi connectivity index (χ2v) is 7.70. The monoisotopic (exact) mass is 411 g/mol. The lowest BCUT2D eigenvalue weighted by Crippen LogP contribution is -2.42. The molecule has 0 aromatic carbocycles. The van der Waals surface area contributed by atoms with Gasteiger partial charge in [0.2, 0.25) is 5.78 Å². The second kappa shape index (κ2) is 8.65. The van der Waals surface area contributed by atoms with Crippen LogP contribution in [-0.4, -0.2) is 34.2 Å². The summed E-state index contributed by atoms with van der Waals surface area (Å²) in [5, 5.41) is 11.6. The number of carbonyl (C=O) groups excluding carboxylic acids is 3. The normalized spacial score (nSPS) is 22.7. The lowest BCUT2D eigenvalue weighted by molar-refractivity contribution is -0.153. The Kier molecular flexibility index (Phi) is 6.20. The third kappa shape index (κ3) is 4.06. The van der Waals surface area contributed by atoms with E-state index in [0.717, 1.165) is 31.8 Å². The van der Waals surface area contributed by atoms with Gasteiger partial charge < -0.3 is 15.2 Å². The first-order chi connectivity index (χ1) is 14.3. The van der Waals surface area contributed by atoms with E-state index >= 15 is 0 Å². The summed E-state index contributed by atoms with van der Waals surface area (Å²) in [7, 11) is 0. The number of ether oxygens (including phenoxy) is 1. The van der Waals surface area contributed by atoms with Crippen LogP contribution in [0.3, 0.4) is 0 Å². The first-order valence-corrected chi connectivity index (χ1v) is 10.2. The average Bonchev–Trinajstić information content (AvgIpc) is 2.96. The zero-order valence-electron chi connectivity index (χ0n) is 17.1. The number of carbonyl (C=O) groups is 4. The van der Waals surface area contributed by atoms with Crippen molar-refractivity contribution in [2.24, 2.45) is 0 Å². The summed E-state index contributed by atoms with van der Waals surface area (Å²) >= 11 is 0. The number of nitrogens with one attached hydrogen (secondary N) is 1. The lowest BCUT2D eigenvalue weighted by Gasteiger charge is -2.31. The Morgan fingerprint density at radius 1 is 1.17 bits per heavy atom. The zero-order valence-corrected chi connectivity index (χ0v) is 17.1. The molecule has 0 aromatic rings. The SMILES string of the molecule is CCCCCCCC(=O)C1=C2C=C3C=C(/C=C\C(=O)O)NC=C3C(=O)C2(C)OC1=O. The highest BCUT2D eigenvalue weighted by atomic mass is 16.6. The summed E-state index contributed by atoms with van der Waals surface area (Å²) in [4.78, 5) is 49.1. The van der Waals surface area contributed by atoms with Crippen LogP contribution in [0.25, 0.3) is 0 Å². The average molecular weight is 411 g/mol. The van der Waals surface area contributed by atoms with Crippen molar-refractivity contribution in [3.8, 4) is 0 Å². The van der Waals surface area contributed by atoms with Crippen molar-refractivity contribution in [3.05, 3.63) is 58.5 Å². The molecule has 3 rings (SSSR count). The van der Waals surface area contributed by atoms with E-state index in [1.54, 1.807) is 12.2 Å². The number of unbranched alkanes of at least 4 members (excludes halogenated alkanes) is 4. The van der Waals surface area contributed by atoms with Gasteiger partial charge in [0.25, 0.3) is 0 Å². The summed E-state index contributed by atoms with van der Waals surface area (Å²) in [5.74, 6) is -2.59. The van der Waals surface area contributed by atoms with Crippen LogP contribution in [0.5, 0.6) is 0 Å². The minimum absolute atomic E-state index is 0.0533. The van der Waals surface area contributed by atoms with E-state index in [4.69, 9.17) is 9.84 Å². The van der Waals surface area contributed by atoms with Crippen molar-refractivity contribution < 1.29 is 29.0 Å². The second-order valence-electron chi connectivity index (χ2n) is 7.70. The van der Waals surface area contributed by atoms with Crippen LogP contribution in [0.15, 0.2) is 58.5 Å². The van der Waals surface area contributed by atoms with Crippen molar-refractivity contribution in [2.45, 2.75) is 58.0 Å². The molecule has 2 heterocycles. The van der Waals surface area contributed by atoms with E-state index in [-0.39, 0.29) is 23.4 Å². The first-order valence-electron chi connectivity index (χ1n) is 10.2. The molecule has 0 aromatic heterocycles. The number of allylic oxidation sites excluding steroid dienone is 3. The van der Waals surface area contributed by atoms with E-state index < -0.39 is 23.3 Å². The van der Waals surface area contributed by atoms with Crippen LogP contribution in [0.2, 0.25) is 0 Å². The van der Waals surface area contributed by atoms with E-state index in [9.17, 15) is 19.2 Å². The molecule has 3 aliphatic rings. The van der Waals surface area contributed by atoms with Gasteiger partial charge in [0.15, 0.2) is 11.4 Å². The van der Waals surface area contributed by atoms with Crippen LogP contribution < -0.4 is 5.32 Å². The summed E-state index contributed by atoms with van der Waals surface area (Å²) in [6.45, 7) is 3.61. The van der Waals surface area contributed by atoms with Gasteiger partial charge in [0.1, 0.15) is 5.57 Å². The van der Waals surface area contributed by atoms with Crippen LogP contribution in [-0.2, 0) is 23.9 Å². The van der Waals surface area contributed by atoms with Crippen LogP contribution in [0.4, 0.5) is 0 Å². The maximum absolute atomic E-state index is 13.1. The molecule has 0 radical (unpaired) electrons. The minimum Gasteiger partial charge on any atom is -0.478 e. The van der Waals surface area contributed by atoms with Crippen molar-refractivity contribution in [3.63, 3.8) is 0 Å². The number of hydrogen-bond acceptors (Lipinski definition) is 6. The third-order valence-corrected chi connectivity index (χ3v) is 5.46. The number of dihydropyridines is 1. The molecule has 0 saturated heterocycles. The molecule has 0 amide bonds. The number of carboxylic acids is 1. The van der Waals surface area contributed by atoms with E-state index in [2.05, 4.69) is 12.2 Å². The molecule has 2 N–H and O–H groups in total. The quantitative estimate of drug-likeness (QED) is 0.260. The van der Waals surface area contributed by atoms with Gasteiger partial charge >= 0.3 is 11.9 Å². The molecule has 2 aliphatic heterocycles. The van der Waals surface area contributed by atoms with Gasteiger partial charge in [-0.15, -0.1) is 0 Å². The van der Waals surface area contributed by atoms with E-state index in [0.29, 0.717) is 23.3 Å². The van der Waals surface area contributed by atoms with Gasteiger partial charge in [0, 0.05) is 35.5 Å². The van der Waals surface area contributed by atoms with Crippen molar-refractivity contribution in [2.75, 3.05) is 0 Å². The maximum atomic E-state index is 13.1. The fourth-order valence-electron chi connectivity index (χ4n) is 3.81. The lowest BCUT2D eigenvalue weighted by atomic mass is 9.76. The smallest absolute Gasteiger partial charge is 0.343 e. The van der Waals surface area contributed by atoms with Gasteiger partial charge in [0.05, 0.1) is 0 Å². The molecular formula is C23H25NO6. The number of aliphatic carboxylic acids is 1. The van der Waals surface area contributed by atoms with Crippen molar-refractivity contribution in [1.82, 2.24) is 5.32 Å². The number of Topliss-reactive ketones (excluding diaryl/α,β-unsaturated/α-hetero) is 2. The molecular weight excluding hydrogens is 386 g/mol. The molecule has 0 spiro atoms. The minimum atomic E-state index is -1.52. The molecule has 1 aliphatic carbocycles. The van der Waals surface area contributed by atoms with Gasteiger partial charge in [-0.25, -0.2) is 9.59 Å². The molecule has 0 bridgehead atoms. The molecule has 30 heavy (non-hydrogen) atoms. The fourth-order valence-corrected chi connectivity index (χ4v) is 3.81. The third-order valence-electron chi connectivity index (χ3n) is 5.46. The topological polar surface area (TPSA) is 110 Å². The molecule has 158 valence electrons. The number of ketones is 2. The Morgan fingerprint density at radius 2 is 1.90 bits per heavy atom. The largest absolute Gasteiger partial charge is 0.478 e. The number of rotatable bonds is 9. The van der Waals surface area contributed by atoms with E-state index in [1.807, 2.05) is 0 Å². The van der Waals surface area contributed by atoms with Crippen molar-refractivity contribution in [1.29, 1.82) is 0 Å². The molecule has 0 fully saturated rings. The molecule has 7 nitrogen and oxygen atoms in total. The van der Waals surface area contributed by atoms with Gasteiger partial charge in [-0.2, -0.15) is 0 Å². The highest BCUT2D eigenvalue weighted by molar-refractivity contribution is 6.24. The maximum Gasteiger partial charge on any atom is 0.343 e. The van der Waals surface area contributed by atoms with Crippen molar-refractivity contribution >= 4 is 23.5 Å². The zero-order chi connectivity index (χ0) is 21.9. The van der Waals surface area contributed by atoms with Gasteiger partial charge in [-0.3, -0.25) is 9.59 Å². The Bertz CT molecular complexity index is 962. The Morgan fingerprint density at radius 3 is 2.60 bits per heavy atom. The molecule has 0 saturated carbocycles. The number of fused-ring (bicyclic) bond motifs is 2. The highest BCUT2D eigenvalue weighted by Crippen LogP contribution is 2.43. The summed E-state index contributed by atoms with van der Waals surface area (Å²) in [6.07, 6.45) is 12.1. The van der Waals surface area contributed by atoms with Gasteiger partial charge in [-0.05, 0) is 37.1 Å². The predicted octanol–water partition coefficient (Wildman–Crippen LogP) is 3.05. The van der Waals surface area contributed by atoms with Crippen LogP contribution >= 0.6 is 0 Å². The van der Waals surface area contributed by atoms with E-state index in [1.165, 1.54) is 19.2 Å². The summed E-state index contributed by atoms with van der Waals surface area (Å²) in [6, 6.07) is 0. The standard InChI is InChI=1S/C23H25NO6/c1-3-4-5-6-7-8-18(25)20-17-12-14-11-15(9-10-19(26)27)24-13-16(14)21(28)23(17,2)30-22(20)29/h9-13,24H,3-8H2,1-2H3,(H,26,27)/b10-9-. The number of carboxylic acid groups (broad SMARTS) is 1. The fraction of sp³-hybridized carbons (Fsp3) is 0.391. The Hall–Kier alpha value is -3.22. The summed E-state index contributed by atoms with van der Waals surface area (Å²) in [5.41, 5.74) is -0.00906. The predicted molar refractivity (Wildman–Crippen MR) is 109 cm³/mol. The number of hydrogen-bond donors (Lipinski definition) is 2. The van der Waals surface area contributed by atoms with Gasteiger partial charge in [-0.1, -0.05) is 32.6 Å².